The maximum Gasteiger partial charge on any atom is 0.391 e. The third kappa shape index (κ3) is 31.4. The van der Waals surface area contributed by atoms with Crippen LogP contribution < -0.4 is 5.43 Å². The molecule has 0 aliphatic rings. The normalized spacial score (nSPS) is 13.1. The molecule has 0 aliphatic heterocycles. The van der Waals surface area contributed by atoms with Crippen molar-refractivity contribution in [3.05, 3.63) is 77.4 Å². The number of rotatable bonds is 8. The zero-order valence-electron chi connectivity index (χ0n) is 45.6. The van der Waals surface area contributed by atoms with Crippen molar-refractivity contribution in [3.63, 3.8) is 0 Å². The van der Waals surface area contributed by atoms with Crippen LogP contribution in [0.4, 0.5) is 13.2 Å². The van der Waals surface area contributed by atoms with Gasteiger partial charge in [-0.15, -0.1) is 0 Å². The van der Waals surface area contributed by atoms with Crippen LogP contribution in [0.5, 0.6) is 0 Å². The third-order valence-corrected chi connectivity index (χ3v) is 10.6. The minimum absolute atomic E-state index is 0.0531. The zero-order chi connectivity index (χ0) is 53.9. The molecule has 352 valence electrons. The van der Waals surface area contributed by atoms with E-state index in [0.29, 0.717) is 29.4 Å². The maximum atomic E-state index is 11.2. The predicted molar refractivity (Wildman–Crippen MR) is 253 cm³/mol. The second kappa shape index (κ2) is 32.3. The van der Waals surface area contributed by atoms with Crippen LogP contribution in [-0.4, -0.2) is 73.8 Å². The maximum absolute atomic E-state index is 11.2. The molecule has 62 heavy (non-hydrogen) atoms. The second-order valence-corrected chi connectivity index (χ2v) is 19.6. The first kappa shape index (κ1) is 50.2. The van der Waals surface area contributed by atoms with E-state index in [9.17, 15) is 21.6 Å². The predicted octanol–water partition coefficient (Wildman–Crippen LogP) is 11.7. The standard InChI is InChI=1S/C9H16O2S.C8H11N.C7H12N2.C6H13N3.C6H9NS.C5H8N2O.C4H7F3/c1-8(2)6-7-9(3,4)12(5,10)11;1-7(2)8-5-3-4-6-9-8;1-6(2)7-4-8-9(3)5-7;1-5(2)6(4-7)9-8-3;1-5(2)6-3-4-7-8-6;1-4(2)5-6-3-8-7-5;1-3(2)4(5,6)7/h8H,1-5H3;3-7H,1-2H3;4-6H,1-3H3;4-5,7-8H,1-3H3;3-5H,1-2H3;3-4H,1-2H3;3H,1-2H3/b;;;7-4?,9-6+;;;/i;;2*3D3;;;. The number of halogens is 3. The monoisotopic (exact) mass is 918 g/mol. The van der Waals surface area contributed by atoms with Crippen LogP contribution in [0.25, 0.3) is 0 Å². The van der Waals surface area contributed by atoms with Gasteiger partial charge in [-0.05, 0) is 72.8 Å². The molecule has 0 atom stereocenters. The molecule has 4 aromatic heterocycles. The SMILES string of the molecule is CC(C)C#CC(C)(C)S(C)(=O)=O.CC(C)C(F)(F)F.CC(C)c1ccccn1.CC(C)c1ccns1.CC(C)c1ncon1.[2H]C([2H])([2H])N/N=C(\C=N)C(C)C.[2H]C([2H])([2H])n1cc(C(C)C)cn1. The Hall–Kier alpha value is -4.43. The highest BCUT2D eigenvalue weighted by Crippen LogP contribution is 2.24. The first-order chi connectivity index (χ1) is 30.8. The van der Waals surface area contributed by atoms with Crippen LogP contribution >= 0.6 is 11.5 Å². The Kier molecular flexibility index (Phi) is 26.1. The number of aromatic nitrogens is 6. The largest absolute Gasteiger partial charge is 0.391 e. The number of hydrazone groups is 1. The van der Waals surface area contributed by atoms with Gasteiger partial charge in [0.25, 0.3) is 0 Å². The minimum Gasteiger partial charge on any atom is -0.343 e. The highest BCUT2D eigenvalue weighted by atomic mass is 32.2. The van der Waals surface area contributed by atoms with Crippen molar-refractivity contribution in [2.75, 3.05) is 13.2 Å². The average Bonchev–Trinajstić information content (AvgIpc) is 4.02. The highest BCUT2D eigenvalue weighted by molar-refractivity contribution is 7.92. The van der Waals surface area contributed by atoms with Gasteiger partial charge in [-0.1, -0.05) is 120 Å². The molecule has 12 nitrogen and oxygen atoms in total. The number of sulfone groups is 1. The molecule has 0 bridgehead atoms. The summed E-state index contributed by atoms with van der Waals surface area (Å²) in [6.45, 7) is 25.3. The van der Waals surface area contributed by atoms with Crippen LogP contribution in [-0.2, 0) is 16.8 Å². The van der Waals surface area contributed by atoms with E-state index in [4.69, 9.17) is 13.6 Å². The van der Waals surface area contributed by atoms with E-state index < -0.39 is 40.6 Å². The van der Waals surface area contributed by atoms with Gasteiger partial charge in [0.15, 0.2) is 15.7 Å². The van der Waals surface area contributed by atoms with Crippen LogP contribution in [0.3, 0.4) is 0 Å². The summed E-state index contributed by atoms with van der Waals surface area (Å²) in [5.41, 5.74) is 4.53. The van der Waals surface area contributed by atoms with E-state index in [1.165, 1.54) is 17.5 Å². The fraction of sp³-hybridized carbons (Fsp3) is 0.622. The van der Waals surface area contributed by atoms with Crippen molar-refractivity contribution in [1.82, 2.24) is 34.7 Å². The van der Waals surface area contributed by atoms with Gasteiger partial charge in [0.1, 0.15) is 4.75 Å². The minimum atomic E-state index is -4.00. The van der Waals surface area contributed by atoms with Crippen molar-refractivity contribution in [3.8, 4) is 11.8 Å². The first-order valence-corrected chi connectivity index (χ1v) is 22.7. The van der Waals surface area contributed by atoms with Gasteiger partial charge in [-0.2, -0.15) is 28.4 Å². The Labute approximate surface area is 384 Å². The fourth-order valence-electron chi connectivity index (χ4n) is 3.11. The van der Waals surface area contributed by atoms with E-state index in [0.717, 1.165) is 41.8 Å². The number of hydrogen-bond donors (Lipinski definition) is 2. The number of nitrogens with one attached hydrogen (secondary N) is 2. The van der Waals surface area contributed by atoms with Crippen molar-refractivity contribution in [2.24, 2.45) is 29.8 Å². The lowest BCUT2D eigenvalue weighted by molar-refractivity contribution is -0.164. The van der Waals surface area contributed by atoms with Crippen molar-refractivity contribution >= 4 is 33.3 Å². The molecule has 0 aromatic carbocycles. The molecule has 0 fully saturated rings. The molecule has 0 radical (unpaired) electrons. The number of pyridine rings is 1. The molecule has 4 rings (SSSR count). The number of aryl methyl sites for hydroxylation is 1. The van der Waals surface area contributed by atoms with E-state index in [1.54, 1.807) is 37.8 Å². The second-order valence-electron chi connectivity index (χ2n) is 16.1. The number of hydrogen-bond acceptors (Lipinski definition) is 12. The van der Waals surface area contributed by atoms with Gasteiger partial charge in [-0.25, -0.2) is 12.8 Å². The van der Waals surface area contributed by atoms with Crippen molar-refractivity contribution < 1.29 is 34.3 Å². The van der Waals surface area contributed by atoms with Crippen LogP contribution in [0, 0.1) is 35.0 Å². The van der Waals surface area contributed by atoms with Gasteiger partial charge in [0, 0.05) is 81.6 Å². The van der Waals surface area contributed by atoms with Gasteiger partial charge >= 0.3 is 6.18 Å². The number of alkyl halides is 3. The fourth-order valence-corrected chi connectivity index (χ4v) is 3.93. The van der Waals surface area contributed by atoms with Gasteiger partial charge in [-0.3, -0.25) is 9.67 Å². The summed E-state index contributed by atoms with van der Waals surface area (Å²) in [5.74, 6) is 7.34. The quantitative estimate of drug-likeness (QED) is 0.0994. The Morgan fingerprint density at radius 1 is 0.935 bits per heavy atom. The van der Waals surface area contributed by atoms with E-state index >= 15 is 0 Å². The molecule has 0 saturated carbocycles. The van der Waals surface area contributed by atoms with Crippen molar-refractivity contribution in [2.45, 2.75) is 145 Å². The Bertz CT molecular complexity index is 2070. The summed E-state index contributed by atoms with van der Waals surface area (Å²) in [4.78, 5) is 9.38. The summed E-state index contributed by atoms with van der Waals surface area (Å²) in [6, 6.07) is 8.06. The first-order valence-electron chi connectivity index (χ1n) is 23.1. The highest BCUT2D eigenvalue weighted by Gasteiger charge is 2.31. The molecule has 4 heterocycles. The Morgan fingerprint density at radius 2 is 1.55 bits per heavy atom. The van der Waals surface area contributed by atoms with Crippen molar-refractivity contribution in [1.29, 1.82) is 5.41 Å². The van der Waals surface area contributed by atoms with Gasteiger partial charge in [0.05, 0.1) is 11.9 Å². The summed E-state index contributed by atoms with van der Waals surface area (Å²) in [7, 11) is -3.07. The molecule has 0 aliphatic carbocycles. The van der Waals surface area contributed by atoms with Gasteiger partial charge < -0.3 is 15.4 Å². The Morgan fingerprint density at radius 3 is 1.81 bits per heavy atom. The zero-order valence-corrected chi connectivity index (χ0v) is 41.3. The van der Waals surface area contributed by atoms with Crippen LogP contribution in [0.2, 0.25) is 0 Å². The van der Waals surface area contributed by atoms with Crippen LogP contribution in [0.1, 0.15) is 165 Å². The lowest BCUT2D eigenvalue weighted by Gasteiger charge is -2.14. The van der Waals surface area contributed by atoms with Crippen LogP contribution in [0.15, 0.2) is 65.1 Å². The van der Waals surface area contributed by atoms with E-state index in [2.05, 4.69) is 79.8 Å². The summed E-state index contributed by atoms with van der Waals surface area (Å²) in [6.07, 6.45) is 6.44. The lowest BCUT2D eigenvalue weighted by atomic mass is 10.1. The summed E-state index contributed by atoms with van der Waals surface area (Å²) in [5, 5.41) is 17.9. The molecular formula is C45H76F3N9O3S2. The molecule has 4 aromatic rings. The molecule has 0 spiro atoms. The van der Waals surface area contributed by atoms with Gasteiger partial charge in [0.2, 0.25) is 6.39 Å². The van der Waals surface area contributed by atoms with E-state index in [-0.39, 0.29) is 11.8 Å². The molecular weight excluding hydrogens is 836 g/mol. The van der Waals surface area contributed by atoms with E-state index in [1.807, 2.05) is 91.4 Å². The third-order valence-electron chi connectivity index (χ3n) is 7.64. The topological polar surface area (TPSA) is 165 Å². The molecule has 0 saturated heterocycles. The molecule has 2 N–H and O–H groups in total. The Balaban J connectivity index is -0.000000731. The number of nitrogens with zero attached hydrogens (tertiary/aromatic N) is 7. The molecule has 0 amide bonds. The molecule has 0 unspecified atom stereocenters. The smallest absolute Gasteiger partial charge is 0.343 e. The summed E-state index contributed by atoms with van der Waals surface area (Å²) >= 11 is 1.58. The average molecular weight is 918 g/mol. The lowest BCUT2D eigenvalue weighted by Crippen LogP contribution is -2.28. The summed E-state index contributed by atoms with van der Waals surface area (Å²) < 4.78 is 106. The molecule has 17 heteroatoms.